The van der Waals surface area contributed by atoms with Gasteiger partial charge in [-0.3, -0.25) is 15.0 Å². The molecule has 150 valence electrons. The molecule has 0 unspecified atom stereocenters. The molecule has 4 rings (SSSR count). The highest BCUT2D eigenvalue weighted by atomic mass is 35.5. The highest BCUT2D eigenvalue weighted by molar-refractivity contribution is 6.33. The number of rotatable bonds is 5. The van der Waals surface area contributed by atoms with Gasteiger partial charge in [0.25, 0.3) is 11.8 Å². The molecule has 0 aromatic heterocycles. The van der Waals surface area contributed by atoms with E-state index in [1.165, 1.54) is 11.1 Å². The molecule has 30 heavy (non-hydrogen) atoms. The van der Waals surface area contributed by atoms with Crippen LogP contribution in [-0.2, 0) is 16.2 Å². The summed E-state index contributed by atoms with van der Waals surface area (Å²) in [6.07, 6.45) is 1.52. The van der Waals surface area contributed by atoms with Gasteiger partial charge < -0.3 is 4.74 Å². The number of aryl methyl sites for hydroxylation is 1. The van der Waals surface area contributed by atoms with Crippen LogP contribution in [0.4, 0.5) is 5.69 Å². The molecule has 2 amide bonds. The minimum atomic E-state index is -0.459. The number of halogens is 1. The number of benzene rings is 3. The second kappa shape index (κ2) is 8.43. The second-order valence-electron chi connectivity index (χ2n) is 6.94. The van der Waals surface area contributed by atoms with Gasteiger partial charge in [-0.15, -0.1) is 0 Å². The number of carbonyl (C=O) groups is 2. The third-order valence-electron chi connectivity index (χ3n) is 4.65. The minimum absolute atomic E-state index is 0.0448. The molecule has 1 saturated heterocycles. The number of anilines is 1. The standard InChI is InChI=1S/C24H19ClN2O3/c1-16-6-5-7-18(12-16)15-30-22-11-10-17(14-21(22)25)13-20-23(28)26-27(24(20)29)19-8-3-2-4-9-19/h2-14H,15H2,1H3,(H,26,28)/b20-13-. The van der Waals surface area contributed by atoms with Crippen LogP contribution >= 0.6 is 11.6 Å². The van der Waals surface area contributed by atoms with Gasteiger partial charge in [-0.25, -0.2) is 5.01 Å². The molecule has 1 heterocycles. The lowest BCUT2D eigenvalue weighted by atomic mass is 10.1. The smallest absolute Gasteiger partial charge is 0.282 e. The molecule has 1 aliphatic heterocycles. The number of carbonyl (C=O) groups excluding carboxylic acids is 2. The quantitative estimate of drug-likeness (QED) is 0.483. The van der Waals surface area contributed by atoms with Crippen LogP contribution in [0, 0.1) is 6.92 Å². The van der Waals surface area contributed by atoms with E-state index in [9.17, 15) is 9.59 Å². The van der Waals surface area contributed by atoms with Crippen LogP contribution in [0.1, 0.15) is 16.7 Å². The predicted molar refractivity (Wildman–Crippen MR) is 117 cm³/mol. The van der Waals surface area contributed by atoms with Crippen molar-refractivity contribution in [1.82, 2.24) is 5.43 Å². The van der Waals surface area contributed by atoms with Crippen molar-refractivity contribution in [3.63, 3.8) is 0 Å². The zero-order chi connectivity index (χ0) is 21.1. The minimum Gasteiger partial charge on any atom is -0.487 e. The van der Waals surface area contributed by atoms with Gasteiger partial charge in [0.15, 0.2) is 0 Å². The van der Waals surface area contributed by atoms with Crippen molar-refractivity contribution in [3.8, 4) is 5.75 Å². The van der Waals surface area contributed by atoms with Crippen molar-refractivity contribution in [2.75, 3.05) is 5.01 Å². The fourth-order valence-electron chi connectivity index (χ4n) is 3.17. The van der Waals surface area contributed by atoms with Crippen LogP contribution in [0.2, 0.25) is 5.02 Å². The zero-order valence-corrected chi connectivity index (χ0v) is 17.0. The first kappa shape index (κ1) is 19.7. The van der Waals surface area contributed by atoms with Gasteiger partial charge in [0.1, 0.15) is 17.9 Å². The molecule has 0 spiro atoms. The molecule has 3 aromatic carbocycles. The van der Waals surface area contributed by atoms with E-state index >= 15 is 0 Å². The monoisotopic (exact) mass is 418 g/mol. The van der Waals surface area contributed by atoms with E-state index in [0.717, 1.165) is 11.1 Å². The molecule has 0 bridgehead atoms. The van der Waals surface area contributed by atoms with Gasteiger partial charge in [0.2, 0.25) is 0 Å². The third-order valence-corrected chi connectivity index (χ3v) is 4.94. The van der Waals surface area contributed by atoms with Gasteiger partial charge in [0, 0.05) is 0 Å². The lowest BCUT2D eigenvalue weighted by Crippen LogP contribution is -2.35. The average Bonchev–Trinajstić information content (AvgIpc) is 3.02. The van der Waals surface area contributed by atoms with Crippen molar-refractivity contribution >= 4 is 35.2 Å². The maximum atomic E-state index is 12.7. The molecular formula is C24H19ClN2O3. The van der Waals surface area contributed by atoms with E-state index in [1.807, 2.05) is 31.2 Å². The van der Waals surface area contributed by atoms with Crippen molar-refractivity contribution in [1.29, 1.82) is 0 Å². The topological polar surface area (TPSA) is 58.6 Å². The SMILES string of the molecule is Cc1cccc(COc2ccc(/C=C3/C(=O)NN(c4ccccc4)C3=O)cc2Cl)c1. The summed E-state index contributed by atoms with van der Waals surface area (Å²) in [6, 6.07) is 22.1. The number of hydrogen-bond acceptors (Lipinski definition) is 3. The van der Waals surface area contributed by atoms with E-state index in [0.29, 0.717) is 28.6 Å². The average molecular weight is 419 g/mol. The Morgan fingerprint density at radius 2 is 1.80 bits per heavy atom. The fourth-order valence-corrected chi connectivity index (χ4v) is 3.41. The van der Waals surface area contributed by atoms with Gasteiger partial charge in [-0.2, -0.15) is 0 Å². The first-order chi connectivity index (χ1) is 14.5. The van der Waals surface area contributed by atoms with Gasteiger partial charge in [-0.1, -0.05) is 65.7 Å². The Morgan fingerprint density at radius 3 is 2.53 bits per heavy atom. The first-order valence-corrected chi connectivity index (χ1v) is 9.79. The normalized spacial score (nSPS) is 14.9. The maximum Gasteiger partial charge on any atom is 0.282 e. The molecule has 3 aromatic rings. The van der Waals surface area contributed by atoms with E-state index in [1.54, 1.807) is 42.5 Å². The summed E-state index contributed by atoms with van der Waals surface area (Å²) in [5.41, 5.74) is 6.06. The summed E-state index contributed by atoms with van der Waals surface area (Å²) < 4.78 is 5.81. The van der Waals surface area contributed by atoms with E-state index in [4.69, 9.17) is 16.3 Å². The molecule has 6 heteroatoms. The number of hydrogen-bond donors (Lipinski definition) is 1. The maximum absolute atomic E-state index is 12.7. The molecule has 1 N–H and O–H groups in total. The third kappa shape index (κ3) is 4.21. The lowest BCUT2D eigenvalue weighted by molar-refractivity contribution is -0.117. The number of nitrogens with zero attached hydrogens (tertiary/aromatic N) is 1. The van der Waals surface area contributed by atoms with Crippen molar-refractivity contribution in [2.45, 2.75) is 13.5 Å². The Bertz CT molecular complexity index is 1140. The van der Waals surface area contributed by atoms with Gasteiger partial charge in [-0.05, 0) is 48.4 Å². The van der Waals surface area contributed by atoms with Crippen LogP contribution in [-0.4, -0.2) is 11.8 Å². The summed E-state index contributed by atoms with van der Waals surface area (Å²) in [4.78, 5) is 25.0. The Labute approximate surface area is 179 Å². The number of amides is 2. The van der Waals surface area contributed by atoms with Crippen LogP contribution in [0.15, 0.2) is 78.4 Å². The molecule has 5 nitrogen and oxygen atoms in total. The van der Waals surface area contributed by atoms with Crippen molar-refractivity contribution in [3.05, 3.63) is 100 Å². The lowest BCUT2D eigenvalue weighted by Gasteiger charge is -2.13. The number of ether oxygens (including phenoxy) is 1. The Kier molecular flexibility index (Phi) is 5.55. The summed E-state index contributed by atoms with van der Waals surface area (Å²) in [6.45, 7) is 2.42. The summed E-state index contributed by atoms with van der Waals surface area (Å²) >= 11 is 6.36. The predicted octanol–water partition coefficient (Wildman–Crippen LogP) is 4.69. The van der Waals surface area contributed by atoms with Crippen LogP contribution in [0.3, 0.4) is 0 Å². The molecule has 0 radical (unpaired) electrons. The first-order valence-electron chi connectivity index (χ1n) is 9.41. The summed E-state index contributed by atoms with van der Waals surface area (Å²) in [5.74, 6) is -0.338. The van der Waals surface area contributed by atoms with E-state index < -0.39 is 11.8 Å². The zero-order valence-electron chi connectivity index (χ0n) is 16.3. The Balaban J connectivity index is 1.50. The highest BCUT2D eigenvalue weighted by Crippen LogP contribution is 2.28. The number of para-hydroxylation sites is 1. The van der Waals surface area contributed by atoms with Crippen LogP contribution in [0.25, 0.3) is 6.08 Å². The van der Waals surface area contributed by atoms with Crippen molar-refractivity contribution in [2.24, 2.45) is 0 Å². The highest BCUT2D eigenvalue weighted by Gasteiger charge is 2.34. The van der Waals surface area contributed by atoms with Crippen LogP contribution in [0.5, 0.6) is 5.75 Å². The van der Waals surface area contributed by atoms with Gasteiger partial charge in [0.05, 0.1) is 10.7 Å². The summed E-state index contributed by atoms with van der Waals surface area (Å²) in [7, 11) is 0. The fraction of sp³-hybridized carbons (Fsp3) is 0.0833. The molecule has 1 aliphatic rings. The largest absolute Gasteiger partial charge is 0.487 e. The van der Waals surface area contributed by atoms with Gasteiger partial charge >= 0.3 is 0 Å². The second-order valence-corrected chi connectivity index (χ2v) is 7.35. The molecule has 1 fully saturated rings. The number of nitrogens with one attached hydrogen (secondary N) is 1. The molecule has 0 aliphatic carbocycles. The molecular weight excluding hydrogens is 400 g/mol. The van der Waals surface area contributed by atoms with E-state index in [-0.39, 0.29) is 5.57 Å². The molecule has 0 saturated carbocycles. The van der Waals surface area contributed by atoms with Crippen LogP contribution < -0.4 is 15.2 Å². The van der Waals surface area contributed by atoms with E-state index in [2.05, 4.69) is 11.5 Å². The number of hydrazine groups is 1. The van der Waals surface area contributed by atoms with Crippen molar-refractivity contribution < 1.29 is 14.3 Å². The molecule has 0 atom stereocenters. The Morgan fingerprint density at radius 1 is 1.00 bits per heavy atom. The summed E-state index contributed by atoms with van der Waals surface area (Å²) in [5, 5.41) is 1.64. The Hall–Kier alpha value is -3.57.